The van der Waals surface area contributed by atoms with E-state index in [1.165, 1.54) is 31.4 Å². The first-order valence-electron chi connectivity index (χ1n) is 13.7. The molecule has 0 radical (unpaired) electrons. The van der Waals surface area contributed by atoms with Gasteiger partial charge in [-0.3, -0.25) is 9.59 Å². The van der Waals surface area contributed by atoms with Crippen molar-refractivity contribution >= 4 is 34.9 Å². The summed E-state index contributed by atoms with van der Waals surface area (Å²) in [5.41, 5.74) is 3.37. The third-order valence-corrected chi connectivity index (χ3v) is 7.06. The van der Waals surface area contributed by atoms with Crippen LogP contribution in [0.4, 0.5) is 15.8 Å². The lowest BCUT2D eigenvalue weighted by atomic mass is 9.98. The number of benzene rings is 5. The molecule has 0 aliphatic heterocycles. The molecule has 0 aliphatic carbocycles. The van der Waals surface area contributed by atoms with Gasteiger partial charge in [0.2, 0.25) is 0 Å². The third-order valence-electron chi connectivity index (χ3n) is 6.82. The van der Waals surface area contributed by atoms with Crippen molar-refractivity contribution in [3.63, 3.8) is 0 Å². The second-order valence-electron chi connectivity index (χ2n) is 9.82. The topological polar surface area (TPSA) is 96.9 Å². The molecule has 3 N–H and O–H groups in total. The maximum absolute atomic E-state index is 13.9. The Labute approximate surface area is 258 Å². The first-order chi connectivity index (χ1) is 21.3. The zero-order chi connectivity index (χ0) is 31.1. The molecule has 0 heterocycles. The maximum Gasteiger partial charge on any atom is 0.305 e. The average Bonchev–Trinajstić information content (AvgIpc) is 3.03. The quantitative estimate of drug-likeness (QED) is 0.138. The number of anilines is 2. The number of hydrogen-bond acceptors (Lipinski definition) is 5. The summed E-state index contributed by atoms with van der Waals surface area (Å²) in [6, 6.07) is 32.4. The van der Waals surface area contributed by atoms with Crippen LogP contribution in [0.2, 0.25) is 5.02 Å². The zero-order valence-electron chi connectivity index (χ0n) is 23.6. The highest BCUT2D eigenvalue weighted by Crippen LogP contribution is 2.34. The molecule has 0 fully saturated rings. The summed E-state index contributed by atoms with van der Waals surface area (Å²) >= 11 is 6.23. The van der Waals surface area contributed by atoms with E-state index in [-0.39, 0.29) is 17.7 Å². The molecule has 9 heteroatoms. The number of ether oxygens (including phenoxy) is 2. The molecule has 44 heavy (non-hydrogen) atoms. The van der Waals surface area contributed by atoms with Crippen molar-refractivity contribution in [3.8, 4) is 28.4 Å². The van der Waals surface area contributed by atoms with E-state index >= 15 is 0 Å². The van der Waals surface area contributed by atoms with E-state index in [1.54, 1.807) is 24.3 Å². The molecule has 1 atom stereocenters. The number of carboxylic acids is 1. The van der Waals surface area contributed by atoms with Gasteiger partial charge in [-0.1, -0.05) is 72.3 Å². The molecule has 0 saturated heterocycles. The van der Waals surface area contributed by atoms with Gasteiger partial charge in [-0.15, -0.1) is 0 Å². The summed E-state index contributed by atoms with van der Waals surface area (Å²) in [6.07, 6.45) is -0.350. The number of methoxy groups -OCH3 is 1. The van der Waals surface area contributed by atoms with Crippen molar-refractivity contribution in [3.05, 3.63) is 137 Å². The molecule has 5 aromatic carbocycles. The molecule has 1 amide bonds. The highest BCUT2D eigenvalue weighted by molar-refractivity contribution is 6.31. The Morgan fingerprint density at radius 1 is 0.864 bits per heavy atom. The Balaban J connectivity index is 1.39. The van der Waals surface area contributed by atoms with Gasteiger partial charge in [0.1, 0.15) is 11.5 Å². The number of aliphatic carboxylic acids is 1. The fourth-order valence-electron chi connectivity index (χ4n) is 4.67. The van der Waals surface area contributed by atoms with Crippen LogP contribution < -0.4 is 20.1 Å². The van der Waals surface area contributed by atoms with Gasteiger partial charge < -0.3 is 25.2 Å². The Bertz CT molecular complexity index is 1780. The highest BCUT2D eigenvalue weighted by atomic mass is 35.5. The highest BCUT2D eigenvalue weighted by Gasteiger charge is 2.22. The SMILES string of the molecule is COc1cc(Nc2ccc(Cl)cc2C(=O)NC(CC(=O)O)c2ccc(-c3ccccc3Oc3ccccc3)cc2)ccc1F. The van der Waals surface area contributed by atoms with Gasteiger partial charge in [0.05, 0.1) is 30.8 Å². The van der Waals surface area contributed by atoms with E-state index in [1.807, 2.05) is 66.7 Å². The summed E-state index contributed by atoms with van der Waals surface area (Å²) in [7, 11) is 1.36. The molecular weight excluding hydrogens is 583 g/mol. The first-order valence-corrected chi connectivity index (χ1v) is 14.0. The van der Waals surface area contributed by atoms with Crippen LogP contribution in [0.3, 0.4) is 0 Å². The summed E-state index contributed by atoms with van der Waals surface area (Å²) in [5, 5.41) is 15.9. The van der Waals surface area contributed by atoms with Crippen LogP contribution in [0.1, 0.15) is 28.4 Å². The minimum atomic E-state index is -1.08. The van der Waals surface area contributed by atoms with Crippen molar-refractivity contribution in [2.75, 3.05) is 12.4 Å². The summed E-state index contributed by atoms with van der Waals surface area (Å²) in [6.45, 7) is 0. The lowest BCUT2D eigenvalue weighted by Crippen LogP contribution is -2.30. The van der Waals surface area contributed by atoms with E-state index in [2.05, 4.69) is 10.6 Å². The first kappa shape index (κ1) is 30.1. The number of amides is 1. The van der Waals surface area contributed by atoms with Gasteiger partial charge in [0, 0.05) is 22.3 Å². The van der Waals surface area contributed by atoms with E-state index in [4.69, 9.17) is 21.1 Å². The molecule has 1 unspecified atom stereocenters. The summed E-state index contributed by atoms with van der Waals surface area (Å²) in [4.78, 5) is 25.4. The van der Waals surface area contributed by atoms with Crippen molar-refractivity contribution in [2.45, 2.75) is 12.5 Å². The number of rotatable bonds is 11. The van der Waals surface area contributed by atoms with Crippen molar-refractivity contribution in [2.24, 2.45) is 0 Å². The molecule has 0 bridgehead atoms. The molecule has 0 spiro atoms. The van der Waals surface area contributed by atoms with Crippen molar-refractivity contribution in [1.29, 1.82) is 0 Å². The van der Waals surface area contributed by atoms with Gasteiger partial charge in [0.15, 0.2) is 11.6 Å². The van der Waals surface area contributed by atoms with E-state index < -0.39 is 23.7 Å². The van der Waals surface area contributed by atoms with Crippen LogP contribution in [0.5, 0.6) is 17.2 Å². The minimum absolute atomic E-state index is 0.0363. The van der Waals surface area contributed by atoms with Crippen LogP contribution in [0.15, 0.2) is 115 Å². The van der Waals surface area contributed by atoms with Gasteiger partial charge in [0.25, 0.3) is 5.91 Å². The number of para-hydroxylation sites is 2. The molecule has 7 nitrogen and oxygen atoms in total. The van der Waals surface area contributed by atoms with Crippen molar-refractivity contribution in [1.82, 2.24) is 5.32 Å². The van der Waals surface area contributed by atoms with Crippen LogP contribution in [0, 0.1) is 5.82 Å². The zero-order valence-corrected chi connectivity index (χ0v) is 24.3. The molecule has 0 aromatic heterocycles. The second-order valence-corrected chi connectivity index (χ2v) is 10.3. The Morgan fingerprint density at radius 3 is 2.32 bits per heavy atom. The Morgan fingerprint density at radius 2 is 1.59 bits per heavy atom. The Kier molecular flexibility index (Phi) is 9.42. The fourth-order valence-corrected chi connectivity index (χ4v) is 4.85. The molecule has 0 aliphatic rings. The predicted octanol–water partition coefficient (Wildman–Crippen LogP) is 8.64. The number of nitrogens with one attached hydrogen (secondary N) is 2. The summed E-state index contributed by atoms with van der Waals surface area (Å²) in [5.74, 6) is -0.739. The van der Waals surface area contributed by atoms with Crippen molar-refractivity contribution < 1.29 is 28.6 Å². The fraction of sp³-hybridized carbons (Fsp3) is 0.0857. The average molecular weight is 611 g/mol. The number of hydrogen-bond donors (Lipinski definition) is 3. The van der Waals surface area contributed by atoms with Gasteiger partial charge in [-0.2, -0.15) is 0 Å². The normalized spacial score (nSPS) is 11.3. The van der Waals surface area contributed by atoms with Gasteiger partial charge in [-0.05, 0) is 59.7 Å². The van der Waals surface area contributed by atoms with Crippen LogP contribution in [-0.2, 0) is 4.79 Å². The minimum Gasteiger partial charge on any atom is -0.494 e. The lowest BCUT2D eigenvalue weighted by Gasteiger charge is -2.20. The smallest absolute Gasteiger partial charge is 0.305 e. The third kappa shape index (κ3) is 7.35. The molecule has 0 saturated carbocycles. The van der Waals surface area contributed by atoms with Crippen LogP contribution in [-0.4, -0.2) is 24.1 Å². The lowest BCUT2D eigenvalue weighted by molar-refractivity contribution is -0.137. The van der Waals surface area contributed by atoms with E-state index in [9.17, 15) is 19.1 Å². The molecule has 222 valence electrons. The van der Waals surface area contributed by atoms with Crippen LogP contribution >= 0.6 is 11.6 Å². The van der Waals surface area contributed by atoms with Gasteiger partial charge >= 0.3 is 5.97 Å². The largest absolute Gasteiger partial charge is 0.494 e. The summed E-state index contributed by atoms with van der Waals surface area (Å²) < 4.78 is 25.1. The monoisotopic (exact) mass is 610 g/mol. The molecule has 5 aromatic rings. The number of halogens is 2. The Hall–Kier alpha value is -5.34. The van der Waals surface area contributed by atoms with E-state index in [0.717, 1.165) is 11.1 Å². The van der Waals surface area contributed by atoms with Gasteiger partial charge in [-0.25, -0.2) is 4.39 Å². The number of carbonyl (C=O) groups excluding carboxylic acids is 1. The predicted molar refractivity (Wildman–Crippen MR) is 169 cm³/mol. The second kappa shape index (κ2) is 13.8. The number of carbonyl (C=O) groups is 2. The number of carboxylic acid groups (broad SMARTS) is 1. The van der Waals surface area contributed by atoms with E-state index in [0.29, 0.717) is 33.5 Å². The standard InChI is InChI=1S/C35H28ClFN2O5/c1-43-33-20-25(16-17-29(33)37)38-30-18-15-24(36)19-28(30)35(42)39-31(21-34(40)41)23-13-11-22(12-14-23)27-9-5-6-10-32(27)44-26-7-3-2-4-8-26/h2-20,31,38H,21H2,1H3,(H,39,42)(H,40,41). The maximum atomic E-state index is 13.9. The van der Waals surface area contributed by atoms with Crippen LogP contribution in [0.25, 0.3) is 11.1 Å². The molecular formula is C35H28ClFN2O5. The molecule has 5 rings (SSSR count).